The number of amides is 1. The fraction of sp³-hybridized carbons (Fsp3) is 0.750. The van der Waals surface area contributed by atoms with Crippen LogP contribution in [-0.2, 0) is 11.8 Å². The van der Waals surface area contributed by atoms with E-state index in [1.165, 1.54) is 13.0 Å². The lowest BCUT2D eigenvalue weighted by Crippen LogP contribution is -2.44. The van der Waals surface area contributed by atoms with Gasteiger partial charge in [0, 0.05) is 58.6 Å². The minimum absolute atomic E-state index is 0.184. The first kappa shape index (κ1) is 18.0. The van der Waals surface area contributed by atoms with Crippen LogP contribution in [0.15, 0.2) is 18.3 Å². The molecule has 1 spiro atoms. The lowest BCUT2D eigenvalue weighted by atomic mass is 9.76. The van der Waals surface area contributed by atoms with E-state index in [-0.39, 0.29) is 5.91 Å². The second kappa shape index (κ2) is 7.33. The molecule has 4 rings (SSSR count). The Bertz CT molecular complexity index is 630. The summed E-state index contributed by atoms with van der Waals surface area (Å²) in [6.07, 6.45) is 5.48. The lowest BCUT2D eigenvalue weighted by molar-refractivity contribution is 0.0283. The molecule has 3 fully saturated rings. The number of rotatable bonds is 3. The van der Waals surface area contributed by atoms with Gasteiger partial charge in [-0.25, -0.2) is 0 Å². The minimum atomic E-state index is 0.184. The first-order valence-electron chi connectivity index (χ1n) is 9.97. The SMILES string of the molecule is CN1CC2(CCN(C(=O)c3cccn3C)CC2)CC1CN1CCOCC1. The largest absolute Gasteiger partial charge is 0.379 e. The van der Waals surface area contributed by atoms with Crippen LogP contribution in [0.25, 0.3) is 0 Å². The van der Waals surface area contributed by atoms with Crippen LogP contribution >= 0.6 is 0 Å². The van der Waals surface area contributed by atoms with Crippen LogP contribution < -0.4 is 0 Å². The van der Waals surface area contributed by atoms with E-state index in [0.29, 0.717) is 11.5 Å². The average Bonchev–Trinajstić information content (AvgIpc) is 3.20. The smallest absolute Gasteiger partial charge is 0.270 e. The van der Waals surface area contributed by atoms with E-state index < -0.39 is 0 Å². The van der Waals surface area contributed by atoms with Gasteiger partial charge in [0.25, 0.3) is 5.91 Å². The molecule has 6 heteroatoms. The number of likely N-dealkylation sites (N-methyl/N-ethyl adjacent to an activating group) is 1. The van der Waals surface area contributed by atoms with E-state index in [0.717, 1.165) is 64.5 Å². The van der Waals surface area contributed by atoms with Crippen molar-refractivity contribution in [1.29, 1.82) is 0 Å². The Labute approximate surface area is 156 Å². The summed E-state index contributed by atoms with van der Waals surface area (Å²) in [4.78, 5) is 19.9. The minimum Gasteiger partial charge on any atom is -0.379 e. The third-order valence-corrected chi connectivity index (χ3v) is 6.72. The Kier molecular flexibility index (Phi) is 5.08. The number of carbonyl (C=O) groups excluding carboxylic acids is 1. The summed E-state index contributed by atoms with van der Waals surface area (Å²) in [6, 6.07) is 4.51. The van der Waals surface area contributed by atoms with Gasteiger partial charge < -0.3 is 19.1 Å². The van der Waals surface area contributed by atoms with E-state index in [2.05, 4.69) is 21.7 Å². The Morgan fingerprint density at radius 3 is 2.58 bits per heavy atom. The van der Waals surface area contributed by atoms with Gasteiger partial charge >= 0.3 is 0 Å². The number of aryl methyl sites for hydroxylation is 1. The molecule has 0 aromatic carbocycles. The zero-order chi connectivity index (χ0) is 18.1. The standard InChI is InChI=1S/C20H32N4O2/c1-21-7-3-4-18(21)19(25)24-8-5-20(6-9-24)14-17(22(2)16-20)15-23-10-12-26-13-11-23/h3-4,7,17H,5-6,8-16H2,1-2H3. The number of ether oxygens (including phenoxy) is 1. The van der Waals surface area contributed by atoms with Crippen molar-refractivity contribution < 1.29 is 9.53 Å². The molecule has 0 radical (unpaired) electrons. The van der Waals surface area contributed by atoms with Crippen LogP contribution in [-0.4, -0.2) is 90.7 Å². The first-order valence-corrected chi connectivity index (χ1v) is 9.97. The first-order chi connectivity index (χ1) is 12.6. The van der Waals surface area contributed by atoms with Gasteiger partial charge in [-0.05, 0) is 43.9 Å². The normalized spacial score (nSPS) is 27.3. The summed E-state index contributed by atoms with van der Waals surface area (Å²) < 4.78 is 7.40. The highest BCUT2D eigenvalue weighted by atomic mass is 16.5. The number of piperidine rings is 1. The monoisotopic (exact) mass is 360 g/mol. The van der Waals surface area contributed by atoms with Crippen LogP contribution in [0.3, 0.4) is 0 Å². The van der Waals surface area contributed by atoms with Crippen LogP contribution in [0.5, 0.6) is 0 Å². The van der Waals surface area contributed by atoms with Crippen LogP contribution in [0.1, 0.15) is 29.8 Å². The molecular formula is C20H32N4O2. The molecule has 0 bridgehead atoms. The molecule has 0 N–H and O–H groups in total. The van der Waals surface area contributed by atoms with Gasteiger partial charge in [0.2, 0.25) is 0 Å². The fourth-order valence-corrected chi connectivity index (χ4v) is 5.06. The maximum Gasteiger partial charge on any atom is 0.270 e. The second-order valence-electron chi connectivity index (χ2n) is 8.48. The summed E-state index contributed by atoms with van der Waals surface area (Å²) in [6.45, 7) is 7.99. The molecule has 1 aromatic rings. The van der Waals surface area contributed by atoms with Gasteiger partial charge in [-0.1, -0.05) is 0 Å². The number of aromatic nitrogens is 1. The molecule has 0 aliphatic carbocycles. The van der Waals surface area contributed by atoms with Gasteiger partial charge in [0.15, 0.2) is 0 Å². The van der Waals surface area contributed by atoms with E-state index in [1.54, 1.807) is 0 Å². The Hall–Kier alpha value is -1.37. The molecule has 3 aliphatic rings. The number of hydrogen-bond acceptors (Lipinski definition) is 4. The van der Waals surface area contributed by atoms with Gasteiger partial charge in [-0.15, -0.1) is 0 Å². The highest BCUT2D eigenvalue weighted by molar-refractivity contribution is 5.92. The molecule has 1 amide bonds. The third-order valence-electron chi connectivity index (χ3n) is 6.72. The summed E-state index contributed by atoms with van der Waals surface area (Å²) in [7, 11) is 4.22. The number of hydrogen-bond donors (Lipinski definition) is 0. The summed E-state index contributed by atoms with van der Waals surface area (Å²) >= 11 is 0. The van der Waals surface area contributed by atoms with Gasteiger partial charge in [0.05, 0.1) is 13.2 Å². The number of carbonyl (C=O) groups is 1. The molecule has 3 aliphatic heterocycles. The van der Waals surface area contributed by atoms with Crippen molar-refractivity contribution in [2.45, 2.75) is 25.3 Å². The van der Waals surface area contributed by atoms with Gasteiger partial charge in [-0.3, -0.25) is 9.69 Å². The molecule has 1 atom stereocenters. The Morgan fingerprint density at radius 2 is 1.92 bits per heavy atom. The quantitative estimate of drug-likeness (QED) is 0.814. The van der Waals surface area contributed by atoms with Crippen molar-refractivity contribution in [1.82, 2.24) is 19.3 Å². The van der Waals surface area contributed by atoms with Crippen molar-refractivity contribution in [3.63, 3.8) is 0 Å². The molecule has 3 saturated heterocycles. The predicted octanol–water partition coefficient (Wildman–Crippen LogP) is 1.28. The third kappa shape index (κ3) is 3.55. The lowest BCUT2D eigenvalue weighted by Gasteiger charge is -2.39. The van der Waals surface area contributed by atoms with Crippen molar-refractivity contribution >= 4 is 5.91 Å². The summed E-state index contributed by atoms with van der Waals surface area (Å²) in [5.74, 6) is 0.184. The van der Waals surface area contributed by atoms with Crippen LogP contribution in [0.4, 0.5) is 0 Å². The van der Waals surface area contributed by atoms with E-state index in [4.69, 9.17) is 4.74 Å². The van der Waals surface area contributed by atoms with Crippen molar-refractivity contribution in [3.05, 3.63) is 24.0 Å². The molecule has 6 nitrogen and oxygen atoms in total. The molecule has 1 unspecified atom stereocenters. The molecule has 1 aromatic heterocycles. The predicted molar refractivity (Wildman–Crippen MR) is 101 cm³/mol. The molecular weight excluding hydrogens is 328 g/mol. The van der Waals surface area contributed by atoms with Crippen molar-refractivity contribution in [2.75, 3.05) is 59.5 Å². The van der Waals surface area contributed by atoms with E-state index in [1.807, 2.05) is 29.9 Å². The number of nitrogens with zero attached hydrogens (tertiary/aromatic N) is 4. The highest BCUT2D eigenvalue weighted by Gasteiger charge is 2.45. The van der Waals surface area contributed by atoms with Crippen LogP contribution in [0, 0.1) is 5.41 Å². The Balaban J connectivity index is 1.33. The summed E-state index contributed by atoms with van der Waals surface area (Å²) in [5, 5.41) is 0. The zero-order valence-electron chi connectivity index (χ0n) is 16.2. The Morgan fingerprint density at radius 1 is 1.19 bits per heavy atom. The molecule has 26 heavy (non-hydrogen) atoms. The second-order valence-corrected chi connectivity index (χ2v) is 8.48. The zero-order valence-corrected chi connectivity index (χ0v) is 16.2. The molecule has 144 valence electrons. The fourth-order valence-electron chi connectivity index (χ4n) is 5.06. The van der Waals surface area contributed by atoms with Gasteiger partial charge in [-0.2, -0.15) is 0 Å². The maximum absolute atomic E-state index is 12.8. The highest BCUT2D eigenvalue weighted by Crippen LogP contribution is 2.43. The van der Waals surface area contributed by atoms with E-state index in [9.17, 15) is 4.79 Å². The average molecular weight is 361 g/mol. The van der Waals surface area contributed by atoms with Gasteiger partial charge in [0.1, 0.15) is 5.69 Å². The topological polar surface area (TPSA) is 41.0 Å². The summed E-state index contributed by atoms with van der Waals surface area (Å²) in [5.41, 5.74) is 1.20. The number of morpholine rings is 1. The number of likely N-dealkylation sites (tertiary alicyclic amines) is 2. The molecule has 0 saturated carbocycles. The van der Waals surface area contributed by atoms with Crippen molar-refractivity contribution in [3.8, 4) is 0 Å². The molecule has 4 heterocycles. The van der Waals surface area contributed by atoms with E-state index >= 15 is 0 Å². The van der Waals surface area contributed by atoms with Crippen LogP contribution in [0.2, 0.25) is 0 Å². The van der Waals surface area contributed by atoms with Crippen molar-refractivity contribution in [2.24, 2.45) is 12.5 Å². The maximum atomic E-state index is 12.8.